The lowest BCUT2D eigenvalue weighted by Gasteiger charge is -2.58. The Labute approximate surface area is 230 Å². The van der Waals surface area contributed by atoms with Crippen molar-refractivity contribution in [3.8, 4) is 11.1 Å². The van der Waals surface area contributed by atoms with Gasteiger partial charge in [0.1, 0.15) is 0 Å². The van der Waals surface area contributed by atoms with E-state index in [0.717, 1.165) is 47.7 Å². The zero-order valence-corrected chi connectivity index (χ0v) is 21.9. The van der Waals surface area contributed by atoms with E-state index in [1.54, 1.807) is 0 Å². The fraction of sp³-hybridized carbons (Fsp3) is 0.312. The van der Waals surface area contributed by atoms with Crippen molar-refractivity contribution in [3.63, 3.8) is 0 Å². The molecule has 0 aliphatic heterocycles. The van der Waals surface area contributed by atoms with Crippen LogP contribution in [0.3, 0.4) is 0 Å². The lowest BCUT2D eigenvalue weighted by molar-refractivity contribution is -0.142. The van der Waals surface area contributed by atoms with E-state index in [4.69, 9.17) is 9.90 Å². The minimum absolute atomic E-state index is 0.183. The van der Waals surface area contributed by atoms with Gasteiger partial charge in [-0.05, 0) is 65.7 Å². The van der Waals surface area contributed by atoms with E-state index in [-0.39, 0.29) is 12.2 Å². The van der Waals surface area contributed by atoms with Crippen LogP contribution in [0.5, 0.6) is 0 Å². The highest BCUT2D eigenvalue weighted by Crippen LogP contribution is 2.62. The van der Waals surface area contributed by atoms with Gasteiger partial charge in [0.15, 0.2) is 5.78 Å². The first-order chi connectivity index (χ1) is 19.2. The fourth-order valence-corrected chi connectivity index (χ4v) is 6.67. The Balaban J connectivity index is 0.000000758. The highest BCUT2D eigenvalue weighted by Gasteiger charge is 2.53. The molecule has 0 saturated heterocycles. The number of carboxylic acids is 1. The number of hydrogen-bond acceptors (Lipinski definition) is 4. The van der Waals surface area contributed by atoms with Crippen molar-refractivity contribution < 1.29 is 28.3 Å². The summed E-state index contributed by atoms with van der Waals surface area (Å²) in [6, 6.07) is 24.8. The Hall–Kier alpha value is -4.20. The van der Waals surface area contributed by atoms with Gasteiger partial charge >= 0.3 is 12.3 Å². The SMILES string of the molecule is O=C(F)F.O=C(O)CC1CC2(C1)CC(CC(=O)c1cccc3cnn(Cc4ccc(-c5ccccc5)cc4)c13)C2. The summed E-state index contributed by atoms with van der Waals surface area (Å²) in [5, 5.41) is 14.6. The number of para-hydroxylation sites is 1. The van der Waals surface area contributed by atoms with Gasteiger partial charge in [0.25, 0.3) is 0 Å². The van der Waals surface area contributed by atoms with Crippen molar-refractivity contribution in [1.82, 2.24) is 9.78 Å². The van der Waals surface area contributed by atoms with Gasteiger partial charge in [0.05, 0.1) is 18.3 Å². The maximum absolute atomic E-state index is 13.4. The first-order valence-corrected chi connectivity index (χ1v) is 13.4. The van der Waals surface area contributed by atoms with E-state index in [9.17, 15) is 18.4 Å². The Kier molecular flexibility index (Phi) is 7.87. The van der Waals surface area contributed by atoms with Gasteiger partial charge in [-0.3, -0.25) is 14.3 Å². The van der Waals surface area contributed by atoms with E-state index in [1.807, 2.05) is 47.3 Å². The number of fused-ring (bicyclic) bond motifs is 1. The van der Waals surface area contributed by atoms with E-state index < -0.39 is 12.3 Å². The molecule has 1 spiro atoms. The largest absolute Gasteiger partial charge is 0.483 e. The number of hydrogen-bond donors (Lipinski definition) is 1. The zero-order valence-electron chi connectivity index (χ0n) is 21.9. The maximum Gasteiger partial charge on any atom is 0.483 e. The molecule has 0 unspecified atom stereocenters. The number of benzene rings is 3. The van der Waals surface area contributed by atoms with Crippen LogP contribution in [0.1, 0.15) is 54.4 Å². The van der Waals surface area contributed by atoms with Gasteiger partial charge < -0.3 is 5.11 Å². The molecule has 1 N–H and O–H groups in total. The summed E-state index contributed by atoms with van der Waals surface area (Å²) < 4.78 is 21.3. The predicted octanol–water partition coefficient (Wildman–Crippen LogP) is 7.65. The van der Waals surface area contributed by atoms with Crippen LogP contribution in [0.2, 0.25) is 0 Å². The number of carbonyl (C=O) groups excluding carboxylic acids is 2. The second-order valence-electron chi connectivity index (χ2n) is 11.1. The summed E-state index contributed by atoms with van der Waals surface area (Å²) in [5.74, 6) is 0.213. The van der Waals surface area contributed by atoms with Crippen LogP contribution in [-0.2, 0) is 11.3 Å². The minimum Gasteiger partial charge on any atom is -0.481 e. The molecule has 206 valence electrons. The normalized spacial score (nSPS) is 21.1. The Bertz CT molecular complexity index is 1510. The molecular formula is C32H30F2N2O4. The number of Topliss-reactive ketones (excluding diaryl/α,β-unsaturated/α-hetero) is 1. The number of ketones is 1. The molecule has 0 atom stereocenters. The lowest BCUT2D eigenvalue weighted by atomic mass is 9.47. The van der Waals surface area contributed by atoms with Gasteiger partial charge in [0, 0.05) is 23.8 Å². The molecule has 0 radical (unpaired) electrons. The highest BCUT2D eigenvalue weighted by molar-refractivity contribution is 6.07. The molecule has 6 rings (SSSR count). The standard InChI is InChI=1S/C31H30N2O3.CF2O/c34-28(13-22-15-31(16-22)17-23(18-31)14-29(35)36)27-8-4-7-26-19-32-33(30(26)27)20-21-9-11-25(12-10-21)24-5-2-1-3-6-24;2-1(3)4/h1-12,19,22-23H,13-18,20H2,(H,35,36);. The first kappa shape index (κ1) is 27.4. The Morgan fingerprint density at radius 2 is 1.43 bits per heavy atom. The number of aliphatic carboxylic acids is 1. The molecule has 0 bridgehead atoms. The first-order valence-electron chi connectivity index (χ1n) is 13.4. The predicted molar refractivity (Wildman–Crippen MR) is 147 cm³/mol. The van der Waals surface area contributed by atoms with Gasteiger partial charge in [-0.1, -0.05) is 66.7 Å². The Morgan fingerprint density at radius 3 is 2.05 bits per heavy atom. The number of aromatic nitrogens is 2. The molecular weight excluding hydrogens is 514 g/mol. The van der Waals surface area contributed by atoms with E-state index in [1.165, 1.54) is 11.1 Å². The Morgan fingerprint density at radius 1 is 0.825 bits per heavy atom. The smallest absolute Gasteiger partial charge is 0.481 e. The summed E-state index contributed by atoms with van der Waals surface area (Å²) in [7, 11) is 0. The molecule has 4 aromatic rings. The second kappa shape index (κ2) is 11.5. The molecule has 2 saturated carbocycles. The number of carboxylic acid groups (broad SMARTS) is 1. The van der Waals surface area contributed by atoms with Crippen molar-refractivity contribution in [2.75, 3.05) is 0 Å². The van der Waals surface area contributed by atoms with Crippen LogP contribution in [0.4, 0.5) is 13.6 Å². The summed E-state index contributed by atoms with van der Waals surface area (Å²) in [6.07, 6.45) is 3.98. The van der Waals surface area contributed by atoms with Crippen molar-refractivity contribution >= 4 is 28.9 Å². The number of carbonyl (C=O) groups is 3. The average molecular weight is 545 g/mol. The van der Waals surface area contributed by atoms with E-state index >= 15 is 0 Å². The van der Waals surface area contributed by atoms with Gasteiger partial charge in [-0.25, -0.2) is 4.79 Å². The third kappa shape index (κ3) is 6.17. The van der Waals surface area contributed by atoms with Gasteiger partial charge in [-0.15, -0.1) is 8.78 Å². The van der Waals surface area contributed by atoms with Crippen LogP contribution >= 0.6 is 0 Å². The quantitative estimate of drug-likeness (QED) is 0.182. The summed E-state index contributed by atoms with van der Waals surface area (Å²) >= 11 is 0. The molecule has 1 aromatic heterocycles. The topological polar surface area (TPSA) is 89.3 Å². The summed E-state index contributed by atoms with van der Waals surface area (Å²) in [4.78, 5) is 32.4. The molecule has 0 amide bonds. The number of halogens is 2. The number of rotatable bonds is 8. The van der Waals surface area contributed by atoms with Crippen LogP contribution in [0.15, 0.2) is 79.0 Å². The molecule has 1 heterocycles. The minimum atomic E-state index is -2.83. The number of nitrogens with zero attached hydrogens (tertiary/aromatic N) is 2. The second-order valence-corrected chi connectivity index (χ2v) is 11.1. The van der Waals surface area contributed by atoms with Gasteiger partial charge in [0.2, 0.25) is 0 Å². The molecule has 3 aromatic carbocycles. The van der Waals surface area contributed by atoms with Crippen molar-refractivity contribution in [1.29, 1.82) is 0 Å². The monoisotopic (exact) mass is 544 g/mol. The highest BCUT2D eigenvalue weighted by atomic mass is 19.3. The lowest BCUT2D eigenvalue weighted by Crippen LogP contribution is -2.48. The molecule has 6 nitrogen and oxygen atoms in total. The van der Waals surface area contributed by atoms with Crippen molar-refractivity contribution in [3.05, 3.63) is 90.1 Å². The molecule has 2 aliphatic rings. The molecule has 2 fully saturated rings. The molecule has 40 heavy (non-hydrogen) atoms. The van der Waals surface area contributed by atoms with Crippen LogP contribution < -0.4 is 0 Å². The van der Waals surface area contributed by atoms with Crippen LogP contribution in [0.25, 0.3) is 22.0 Å². The van der Waals surface area contributed by atoms with E-state index in [2.05, 4.69) is 41.5 Å². The summed E-state index contributed by atoms with van der Waals surface area (Å²) in [5.41, 5.74) is 5.49. The van der Waals surface area contributed by atoms with Crippen molar-refractivity contribution in [2.24, 2.45) is 17.3 Å². The third-order valence-corrected chi connectivity index (χ3v) is 8.18. The van der Waals surface area contributed by atoms with Crippen LogP contribution in [-0.4, -0.2) is 32.9 Å². The van der Waals surface area contributed by atoms with Gasteiger partial charge in [-0.2, -0.15) is 5.10 Å². The molecule has 2 aliphatic carbocycles. The van der Waals surface area contributed by atoms with Crippen LogP contribution in [0, 0.1) is 17.3 Å². The average Bonchev–Trinajstić information content (AvgIpc) is 3.29. The third-order valence-electron chi connectivity index (χ3n) is 8.18. The zero-order chi connectivity index (χ0) is 28.3. The summed E-state index contributed by atoms with van der Waals surface area (Å²) in [6.45, 7) is 0.611. The maximum atomic E-state index is 13.4. The molecule has 8 heteroatoms. The fourth-order valence-electron chi connectivity index (χ4n) is 6.67. The van der Waals surface area contributed by atoms with Crippen molar-refractivity contribution in [2.45, 2.75) is 45.1 Å². The van der Waals surface area contributed by atoms with E-state index in [0.29, 0.717) is 30.2 Å².